The largest absolute Gasteiger partial charge is 0.435 e. The molecule has 10 aromatic carbocycles. The Balaban J connectivity index is 1.26. The molecule has 0 N–H and O–H groups in total. The second-order valence-corrected chi connectivity index (χ2v) is 20.1. The summed E-state index contributed by atoms with van der Waals surface area (Å²) in [5.41, 5.74) is 22.6. The number of anilines is 6. The van der Waals surface area contributed by atoms with E-state index in [2.05, 4.69) is 233 Å². The molecule has 0 amide bonds. The fourth-order valence-corrected chi connectivity index (χ4v) is 11.8. The number of oxazole rings is 2. The Hall–Kier alpha value is -9.26. The lowest BCUT2D eigenvalue weighted by molar-refractivity contribution is 0.616. The van der Waals surface area contributed by atoms with Gasteiger partial charge in [0.2, 0.25) is 11.8 Å². The van der Waals surface area contributed by atoms with Crippen molar-refractivity contribution in [2.45, 2.75) is 47.0 Å². The van der Waals surface area contributed by atoms with Crippen LogP contribution in [0.3, 0.4) is 0 Å². The molecule has 75 heavy (non-hydrogen) atoms. The molecule has 1 aliphatic rings. The van der Waals surface area contributed by atoms with Crippen molar-refractivity contribution in [2.24, 2.45) is 0 Å². The zero-order valence-electron chi connectivity index (χ0n) is 42.9. The van der Waals surface area contributed by atoms with Crippen molar-refractivity contribution in [1.82, 2.24) is 9.97 Å². The topological polar surface area (TPSA) is 58.5 Å². The Kier molecular flexibility index (Phi) is 11.0. The fraction of sp³-hybridized carbons (Fsp3) is 0.101. The van der Waals surface area contributed by atoms with Gasteiger partial charge in [0, 0.05) is 33.6 Å². The van der Waals surface area contributed by atoms with E-state index >= 15 is 0 Å². The Morgan fingerprint density at radius 1 is 0.360 bits per heavy atom. The lowest BCUT2D eigenvalue weighted by Gasteiger charge is -2.36. The number of para-hydroxylation sites is 2. The molecular formula is C69H54N4O2. The van der Waals surface area contributed by atoms with E-state index in [0.29, 0.717) is 22.9 Å². The second-order valence-electron chi connectivity index (χ2n) is 20.1. The summed E-state index contributed by atoms with van der Waals surface area (Å²) >= 11 is 0. The van der Waals surface area contributed by atoms with Crippen LogP contribution in [0.15, 0.2) is 227 Å². The van der Waals surface area contributed by atoms with Gasteiger partial charge in [-0.1, -0.05) is 169 Å². The summed E-state index contributed by atoms with van der Waals surface area (Å²) in [6.45, 7) is 13.1. The molecule has 13 rings (SSSR count). The number of hydrogen-bond acceptors (Lipinski definition) is 6. The highest BCUT2D eigenvalue weighted by molar-refractivity contribution is 6.15. The van der Waals surface area contributed by atoms with Gasteiger partial charge in [-0.05, 0) is 147 Å². The van der Waals surface area contributed by atoms with Gasteiger partial charge >= 0.3 is 0 Å². The van der Waals surface area contributed by atoms with Gasteiger partial charge in [0.1, 0.15) is 11.0 Å². The van der Waals surface area contributed by atoms with E-state index in [0.717, 1.165) is 112 Å². The van der Waals surface area contributed by atoms with Crippen molar-refractivity contribution in [3.05, 3.63) is 274 Å². The number of benzene rings is 10. The van der Waals surface area contributed by atoms with Gasteiger partial charge in [-0.25, -0.2) is 9.97 Å². The van der Waals surface area contributed by atoms with Crippen molar-refractivity contribution in [1.29, 1.82) is 0 Å². The van der Waals surface area contributed by atoms with Gasteiger partial charge in [-0.15, -0.1) is 0 Å². The lowest BCUT2D eigenvalue weighted by atomic mass is 9.67. The van der Waals surface area contributed by atoms with Crippen LogP contribution in [0.2, 0.25) is 0 Å². The van der Waals surface area contributed by atoms with Crippen LogP contribution in [0.5, 0.6) is 0 Å². The molecule has 12 aromatic rings. The first-order valence-electron chi connectivity index (χ1n) is 25.7. The standard InChI is InChI=1S/C69H54N4O2/c1-43-33-37-53(38-34-43)72(63-45(3)21-19-22-46(63)4)57-41-55-59(65-61(57)70-67(74-65)49-25-11-7-12-26-49)60-56(69(55,51-29-15-9-16-30-51)52-31-17-10-18-32-52)42-58(62-66(60)75-68(71-62)50-27-13-8-14-28-50)73(54-39-35-44(2)36-40-54)64-47(5)23-20-24-48(64)6/h7-42H,1-6H3. The molecule has 6 nitrogen and oxygen atoms in total. The van der Waals surface area contributed by atoms with Gasteiger partial charge in [0.05, 0.1) is 28.2 Å². The van der Waals surface area contributed by atoms with Crippen molar-refractivity contribution in [2.75, 3.05) is 9.80 Å². The zero-order chi connectivity index (χ0) is 51.0. The first-order valence-corrected chi connectivity index (χ1v) is 25.7. The summed E-state index contributed by atoms with van der Waals surface area (Å²) in [5.74, 6) is 1.06. The summed E-state index contributed by atoms with van der Waals surface area (Å²) < 4.78 is 14.9. The van der Waals surface area contributed by atoms with Crippen LogP contribution < -0.4 is 9.80 Å². The molecular weight excluding hydrogens is 917 g/mol. The molecule has 0 aliphatic heterocycles. The minimum absolute atomic E-state index is 0.528. The smallest absolute Gasteiger partial charge is 0.227 e. The fourth-order valence-electron chi connectivity index (χ4n) is 11.8. The Bertz CT molecular complexity index is 3800. The maximum absolute atomic E-state index is 7.45. The molecule has 2 aromatic heterocycles. The summed E-state index contributed by atoms with van der Waals surface area (Å²) in [6, 6.07) is 77.9. The van der Waals surface area contributed by atoms with Crippen LogP contribution in [0.25, 0.3) is 56.2 Å². The van der Waals surface area contributed by atoms with Gasteiger partial charge in [-0.3, -0.25) is 0 Å². The number of fused-ring (bicyclic) bond motifs is 7. The number of rotatable bonds is 10. The van der Waals surface area contributed by atoms with Crippen molar-refractivity contribution in [3.63, 3.8) is 0 Å². The first kappa shape index (κ1) is 45.6. The van der Waals surface area contributed by atoms with Crippen LogP contribution in [0, 0.1) is 41.5 Å². The van der Waals surface area contributed by atoms with Gasteiger partial charge in [0.25, 0.3) is 0 Å². The third kappa shape index (κ3) is 7.31. The minimum atomic E-state index is -0.947. The molecule has 2 heterocycles. The SMILES string of the molecule is Cc1ccc(N(c2c(C)cccc2C)c2cc3c(c4oc(-c5ccccc5)nc24)-c2c(cc(N(c4ccc(C)cc4)c4c(C)cccc4C)c4nc(-c5ccccc5)oc24)C3(c2ccccc2)c2ccccc2)cc1. The van der Waals surface area contributed by atoms with Crippen LogP contribution in [0.1, 0.15) is 55.6 Å². The summed E-state index contributed by atoms with van der Waals surface area (Å²) in [4.78, 5) is 16.0. The van der Waals surface area contributed by atoms with E-state index in [1.165, 1.54) is 11.1 Å². The van der Waals surface area contributed by atoms with E-state index in [4.69, 9.17) is 18.8 Å². The van der Waals surface area contributed by atoms with Gasteiger partial charge < -0.3 is 18.6 Å². The Morgan fingerprint density at radius 2 is 0.693 bits per heavy atom. The average molecular weight is 971 g/mol. The summed E-state index contributed by atoms with van der Waals surface area (Å²) in [5, 5.41) is 0. The molecule has 0 radical (unpaired) electrons. The number of nitrogens with zero attached hydrogens (tertiary/aromatic N) is 4. The molecule has 0 bridgehead atoms. The maximum atomic E-state index is 7.45. The molecule has 6 heteroatoms. The van der Waals surface area contributed by atoms with Crippen LogP contribution in [-0.2, 0) is 5.41 Å². The van der Waals surface area contributed by atoms with E-state index in [1.807, 2.05) is 36.4 Å². The maximum Gasteiger partial charge on any atom is 0.227 e. The number of hydrogen-bond donors (Lipinski definition) is 0. The quantitative estimate of drug-likeness (QED) is 0.136. The van der Waals surface area contributed by atoms with Crippen LogP contribution in [-0.4, -0.2) is 9.97 Å². The molecule has 1 aliphatic carbocycles. The molecule has 0 spiro atoms. The highest BCUT2D eigenvalue weighted by Crippen LogP contribution is 2.63. The predicted molar refractivity (Wildman–Crippen MR) is 308 cm³/mol. The van der Waals surface area contributed by atoms with Gasteiger partial charge in [-0.2, -0.15) is 0 Å². The molecule has 0 unspecified atom stereocenters. The monoisotopic (exact) mass is 970 g/mol. The summed E-state index contributed by atoms with van der Waals surface area (Å²) in [6.07, 6.45) is 0. The molecule has 0 fully saturated rings. The Morgan fingerprint density at radius 3 is 1.04 bits per heavy atom. The zero-order valence-corrected chi connectivity index (χ0v) is 42.9. The van der Waals surface area contributed by atoms with Crippen molar-refractivity contribution in [3.8, 4) is 34.0 Å². The molecule has 362 valence electrons. The average Bonchev–Trinajstić information content (AvgIpc) is 4.17. The molecule has 0 saturated heterocycles. The predicted octanol–water partition coefficient (Wildman–Crippen LogP) is 18.5. The highest BCUT2D eigenvalue weighted by atomic mass is 16.4. The van der Waals surface area contributed by atoms with Crippen LogP contribution >= 0.6 is 0 Å². The first-order chi connectivity index (χ1) is 36.7. The lowest BCUT2D eigenvalue weighted by Crippen LogP contribution is -2.29. The molecule has 0 saturated carbocycles. The molecule has 0 atom stereocenters. The van der Waals surface area contributed by atoms with Gasteiger partial charge in [0.15, 0.2) is 11.2 Å². The second kappa shape index (κ2) is 18.0. The van der Waals surface area contributed by atoms with Crippen molar-refractivity contribution >= 4 is 56.3 Å². The Labute approximate surface area is 437 Å². The number of aryl methyl sites for hydroxylation is 6. The normalized spacial score (nSPS) is 12.5. The number of aromatic nitrogens is 2. The highest BCUT2D eigenvalue weighted by Gasteiger charge is 2.51. The van der Waals surface area contributed by atoms with Crippen molar-refractivity contribution < 1.29 is 8.83 Å². The van der Waals surface area contributed by atoms with E-state index in [9.17, 15) is 0 Å². The summed E-state index contributed by atoms with van der Waals surface area (Å²) in [7, 11) is 0. The third-order valence-electron chi connectivity index (χ3n) is 15.2. The van der Waals surface area contributed by atoms with E-state index in [-0.39, 0.29) is 0 Å². The third-order valence-corrected chi connectivity index (χ3v) is 15.2. The minimum Gasteiger partial charge on any atom is -0.435 e. The van der Waals surface area contributed by atoms with Crippen LogP contribution in [0.4, 0.5) is 34.1 Å². The van der Waals surface area contributed by atoms with E-state index in [1.54, 1.807) is 0 Å². The van der Waals surface area contributed by atoms with E-state index < -0.39 is 5.41 Å².